The monoisotopic (exact) mass is 448 g/mol. The van der Waals surface area contributed by atoms with Gasteiger partial charge in [0, 0.05) is 6.54 Å². The van der Waals surface area contributed by atoms with Crippen LogP contribution in [0.4, 0.5) is 11.4 Å². The molecule has 0 saturated carbocycles. The predicted molar refractivity (Wildman–Crippen MR) is 126 cm³/mol. The van der Waals surface area contributed by atoms with E-state index in [1.54, 1.807) is 49.4 Å². The largest absolute Gasteiger partial charge is 0.323 e. The van der Waals surface area contributed by atoms with Crippen LogP contribution in [-0.2, 0) is 21.4 Å². The van der Waals surface area contributed by atoms with Gasteiger partial charge >= 0.3 is 0 Å². The minimum absolute atomic E-state index is 0.0247. The minimum atomic E-state index is -3.89. The van der Waals surface area contributed by atoms with Gasteiger partial charge < -0.3 is 9.88 Å². The van der Waals surface area contributed by atoms with Crippen LogP contribution in [0.3, 0.4) is 0 Å². The Morgan fingerprint density at radius 3 is 2.38 bits per heavy atom. The number of hydrogen-bond acceptors (Lipinski definition) is 4. The van der Waals surface area contributed by atoms with Gasteiger partial charge in [-0.15, -0.1) is 0 Å². The fourth-order valence-electron chi connectivity index (χ4n) is 3.73. The molecule has 4 rings (SSSR count). The van der Waals surface area contributed by atoms with Crippen LogP contribution in [-0.4, -0.2) is 30.4 Å². The van der Waals surface area contributed by atoms with Gasteiger partial charge in [0.2, 0.25) is 5.91 Å². The summed E-state index contributed by atoms with van der Waals surface area (Å²) in [5, 5.41) is 2.78. The zero-order valence-corrected chi connectivity index (χ0v) is 18.7. The third-order valence-electron chi connectivity index (χ3n) is 5.21. The second kappa shape index (κ2) is 8.84. The molecule has 0 bridgehead atoms. The first-order valence-corrected chi connectivity index (χ1v) is 11.7. The molecule has 0 aliphatic rings. The van der Waals surface area contributed by atoms with E-state index in [9.17, 15) is 13.2 Å². The molecule has 32 heavy (non-hydrogen) atoms. The number of anilines is 2. The molecule has 1 amide bonds. The SMILES string of the molecule is CCN(c1ccccc1)S(=O)(=O)c1ccccc1NC(=O)Cn1c(C)nc2ccccc21. The van der Waals surface area contributed by atoms with E-state index in [0.717, 1.165) is 11.0 Å². The molecule has 7 nitrogen and oxygen atoms in total. The number of aryl methyl sites for hydroxylation is 1. The van der Waals surface area contributed by atoms with Crippen LogP contribution < -0.4 is 9.62 Å². The lowest BCUT2D eigenvalue weighted by Crippen LogP contribution is -2.31. The molecule has 0 aliphatic heterocycles. The summed E-state index contributed by atoms with van der Waals surface area (Å²) in [7, 11) is -3.89. The number of aromatic nitrogens is 2. The molecule has 0 aliphatic carbocycles. The van der Waals surface area contributed by atoms with E-state index in [2.05, 4.69) is 10.3 Å². The lowest BCUT2D eigenvalue weighted by atomic mass is 10.3. The zero-order chi connectivity index (χ0) is 22.7. The average Bonchev–Trinajstić information content (AvgIpc) is 3.10. The van der Waals surface area contributed by atoms with Gasteiger partial charge in [0.25, 0.3) is 10.0 Å². The highest BCUT2D eigenvalue weighted by Crippen LogP contribution is 2.28. The Kier molecular flexibility index (Phi) is 5.96. The van der Waals surface area contributed by atoms with Crippen molar-refractivity contribution in [1.29, 1.82) is 0 Å². The van der Waals surface area contributed by atoms with Crippen molar-refractivity contribution in [2.45, 2.75) is 25.3 Å². The van der Waals surface area contributed by atoms with Gasteiger partial charge in [-0.2, -0.15) is 0 Å². The maximum atomic E-state index is 13.5. The summed E-state index contributed by atoms with van der Waals surface area (Å²) in [6, 6.07) is 22.9. The van der Waals surface area contributed by atoms with Crippen molar-refractivity contribution in [2.24, 2.45) is 0 Å². The van der Waals surface area contributed by atoms with Crippen LogP contribution in [0.2, 0.25) is 0 Å². The summed E-state index contributed by atoms with van der Waals surface area (Å²) in [6.07, 6.45) is 0. The number of hydrogen-bond donors (Lipinski definition) is 1. The normalized spacial score (nSPS) is 11.4. The number of carbonyl (C=O) groups excluding carboxylic acids is 1. The number of para-hydroxylation sites is 4. The van der Waals surface area contributed by atoms with Gasteiger partial charge in [-0.1, -0.05) is 42.5 Å². The molecule has 4 aromatic rings. The van der Waals surface area contributed by atoms with E-state index in [1.165, 1.54) is 10.4 Å². The Bertz CT molecular complexity index is 1360. The van der Waals surface area contributed by atoms with Crippen molar-refractivity contribution in [3.8, 4) is 0 Å². The Balaban J connectivity index is 1.63. The van der Waals surface area contributed by atoms with Crippen LogP contribution in [0.15, 0.2) is 83.8 Å². The molecule has 0 atom stereocenters. The van der Waals surface area contributed by atoms with Crippen molar-refractivity contribution in [1.82, 2.24) is 9.55 Å². The molecule has 0 spiro atoms. The van der Waals surface area contributed by atoms with E-state index in [0.29, 0.717) is 11.5 Å². The molecule has 8 heteroatoms. The summed E-state index contributed by atoms with van der Waals surface area (Å²) >= 11 is 0. The van der Waals surface area contributed by atoms with Crippen LogP contribution in [0.25, 0.3) is 11.0 Å². The molecular formula is C24H24N4O3S. The number of amides is 1. The van der Waals surface area contributed by atoms with E-state index < -0.39 is 10.0 Å². The molecule has 3 aromatic carbocycles. The molecule has 1 aromatic heterocycles. The van der Waals surface area contributed by atoms with E-state index in [-0.39, 0.29) is 29.6 Å². The molecule has 1 N–H and O–H groups in total. The van der Waals surface area contributed by atoms with Gasteiger partial charge in [0.05, 0.1) is 22.4 Å². The Morgan fingerprint density at radius 1 is 0.969 bits per heavy atom. The quantitative estimate of drug-likeness (QED) is 0.459. The van der Waals surface area contributed by atoms with Crippen molar-refractivity contribution in [3.63, 3.8) is 0 Å². The number of sulfonamides is 1. The highest BCUT2D eigenvalue weighted by Gasteiger charge is 2.27. The second-order valence-electron chi connectivity index (χ2n) is 7.28. The summed E-state index contributed by atoms with van der Waals surface area (Å²) in [5.74, 6) is 0.380. The van der Waals surface area contributed by atoms with E-state index in [4.69, 9.17) is 0 Å². The van der Waals surface area contributed by atoms with Crippen LogP contribution in [0, 0.1) is 6.92 Å². The van der Waals surface area contributed by atoms with Crippen molar-refractivity contribution in [3.05, 3.63) is 84.7 Å². The molecule has 0 fully saturated rings. The molecule has 0 radical (unpaired) electrons. The number of nitrogens with zero attached hydrogens (tertiary/aromatic N) is 3. The first-order chi connectivity index (χ1) is 15.4. The van der Waals surface area contributed by atoms with Gasteiger partial charge in [-0.3, -0.25) is 9.10 Å². The Labute approximate surface area is 187 Å². The number of benzene rings is 3. The lowest BCUT2D eigenvalue weighted by Gasteiger charge is -2.24. The first kappa shape index (κ1) is 21.6. The maximum absolute atomic E-state index is 13.5. The third kappa shape index (κ3) is 4.09. The molecule has 1 heterocycles. The first-order valence-electron chi connectivity index (χ1n) is 10.3. The maximum Gasteiger partial charge on any atom is 0.266 e. The topological polar surface area (TPSA) is 84.3 Å². The highest BCUT2D eigenvalue weighted by atomic mass is 32.2. The average molecular weight is 449 g/mol. The van der Waals surface area contributed by atoms with Crippen LogP contribution in [0.5, 0.6) is 0 Å². The Hall–Kier alpha value is -3.65. The smallest absolute Gasteiger partial charge is 0.266 e. The number of rotatable bonds is 7. The van der Waals surface area contributed by atoms with Gasteiger partial charge in [-0.25, -0.2) is 13.4 Å². The van der Waals surface area contributed by atoms with Gasteiger partial charge in [0.1, 0.15) is 17.3 Å². The molecule has 0 saturated heterocycles. The van der Waals surface area contributed by atoms with Crippen molar-refractivity contribution in [2.75, 3.05) is 16.2 Å². The number of carbonyl (C=O) groups is 1. The second-order valence-corrected chi connectivity index (χ2v) is 9.11. The van der Waals surface area contributed by atoms with Crippen LogP contribution >= 0.6 is 0 Å². The summed E-state index contributed by atoms with van der Waals surface area (Å²) in [6.45, 7) is 3.90. The summed E-state index contributed by atoms with van der Waals surface area (Å²) in [5.41, 5.74) is 2.47. The predicted octanol–water partition coefficient (Wildman–Crippen LogP) is 4.20. The molecule has 164 valence electrons. The summed E-state index contributed by atoms with van der Waals surface area (Å²) in [4.78, 5) is 17.4. The minimum Gasteiger partial charge on any atom is -0.323 e. The number of imidazole rings is 1. The summed E-state index contributed by atoms with van der Waals surface area (Å²) < 4.78 is 30.1. The highest BCUT2D eigenvalue weighted by molar-refractivity contribution is 7.93. The van der Waals surface area contributed by atoms with E-state index in [1.807, 2.05) is 41.8 Å². The third-order valence-corrected chi connectivity index (χ3v) is 7.17. The molecular weight excluding hydrogens is 424 g/mol. The van der Waals surface area contributed by atoms with Gasteiger partial charge in [-0.05, 0) is 50.2 Å². The van der Waals surface area contributed by atoms with Gasteiger partial charge in [0.15, 0.2) is 0 Å². The van der Waals surface area contributed by atoms with Crippen molar-refractivity contribution < 1.29 is 13.2 Å². The standard InChI is InChI=1S/C24H24N4O3S/c1-3-28(19-11-5-4-6-12-19)32(30,31)23-16-10-8-14-21(23)26-24(29)17-27-18(2)25-20-13-7-9-15-22(20)27/h4-16H,3,17H2,1-2H3,(H,26,29). The number of nitrogens with one attached hydrogen (secondary N) is 1. The number of fused-ring (bicyclic) bond motifs is 1. The zero-order valence-electron chi connectivity index (χ0n) is 17.9. The lowest BCUT2D eigenvalue weighted by molar-refractivity contribution is -0.116. The molecule has 0 unspecified atom stereocenters. The fraction of sp³-hybridized carbons (Fsp3) is 0.167. The fourth-order valence-corrected chi connectivity index (χ4v) is 5.35. The Morgan fingerprint density at radius 2 is 1.62 bits per heavy atom. The van der Waals surface area contributed by atoms with Crippen molar-refractivity contribution >= 4 is 38.3 Å². The van der Waals surface area contributed by atoms with Crippen LogP contribution in [0.1, 0.15) is 12.7 Å². The van der Waals surface area contributed by atoms with E-state index >= 15 is 0 Å².